The summed E-state index contributed by atoms with van der Waals surface area (Å²) in [6.45, 7) is 6.37. The standard InChI is InChI=1S/C17H26N2O/c1-13(2)10-15-4-3-9-19(12-15)17(20)11-14-5-7-16(18)8-6-14/h5-8,13,15H,3-4,9-12,18H2,1-2H3. The van der Waals surface area contributed by atoms with Crippen LogP contribution in [0.2, 0.25) is 0 Å². The number of likely N-dealkylation sites (tertiary alicyclic amines) is 1. The van der Waals surface area contributed by atoms with Gasteiger partial charge in [-0.25, -0.2) is 0 Å². The van der Waals surface area contributed by atoms with Gasteiger partial charge in [0.1, 0.15) is 0 Å². The summed E-state index contributed by atoms with van der Waals surface area (Å²) in [5, 5.41) is 0. The molecule has 1 aliphatic heterocycles. The number of amides is 1. The van der Waals surface area contributed by atoms with Crippen molar-refractivity contribution >= 4 is 11.6 Å². The van der Waals surface area contributed by atoms with Crippen LogP contribution in [0.25, 0.3) is 0 Å². The van der Waals surface area contributed by atoms with E-state index in [0.29, 0.717) is 18.3 Å². The number of carbonyl (C=O) groups is 1. The van der Waals surface area contributed by atoms with Crippen LogP contribution < -0.4 is 5.73 Å². The van der Waals surface area contributed by atoms with E-state index in [4.69, 9.17) is 5.73 Å². The van der Waals surface area contributed by atoms with E-state index in [9.17, 15) is 4.79 Å². The molecule has 2 rings (SSSR count). The highest BCUT2D eigenvalue weighted by atomic mass is 16.2. The minimum atomic E-state index is 0.253. The fraction of sp³-hybridized carbons (Fsp3) is 0.588. The van der Waals surface area contributed by atoms with Crippen LogP contribution in [-0.2, 0) is 11.2 Å². The lowest BCUT2D eigenvalue weighted by Gasteiger charge is -2.33. The molecule has 3 heteroatoms. The van der Waals surface area contributed by atoms with E-state index in [2.05, 4.69) is 13.8 Å². The number of hydrogen-bond acceptors (Lipinski definition) is 2. The van der Waals surface area contributed by atoms with Gasteiger partial charge in [0.25, 0.3) is 0 Å². The van der Waals surface area contributed by atoms with E-state index in [0.717, 1.165) is 30.8 Å². The normalized spacial score (nSPS) is 19.4. The number of nitrogens with zero attached hydrogens (tertiary/aromatic N) is 1. The highest BCUT2D eigenvalue weighted by Crippen LogP contribution is 2.23. The van der Waals surface area contributed by atoms with E-state index in [1.54, 1.807) is 0 Å². The summed E-state index contributed by atoms with van der Waals surface area (Å²) in [5.41, 5.74) is 7.47. The molecule has 1 aliphatic rings. The third-order valence-electron chi connectivity index (χ3n) is 4.01. The first-order valence-electron chi connectivity index (χ1n) is 7.67. The van der Waals surface area contributed by atoms with E-state index in [1.807, 2.05) is 29.2 Å². The van der Waals surface area contributed by atoms with Crippen LogP contribution in [0.3, 0.4) is 0 Å². The SMILES string of the molecule is CC(C)CC1CCCN(C(=O)Cc2ccc(N)cc2)C1. The first-order valence-corrected chi connectivity index (χ1v) is 7.67. The zero-order valence-corrected chi connectivity index (χ0v) is 12.6. The van der Waals surface area contributed by atoms with Gasteiger partial charge in [0.15, 0.2) is 0 Å². The van der Waals surface area contributed by atoms with Gasteiger partial charge in [-0.2, -0.15) is 0 Å². The van der Waals surface area contributed by atoms with Gasteiger partial charge in [0.05, 0.1) is 6.42 Å². The van der Waals surface area contributed by atoms with Gasteiger partial charge >= 0.3 is 0 Å². The number of rotatable bonds is 4. The number of anilines is 1. The summed E-state index contributed by atoms with van der Waals surface area (Å²) in [7, 11) is 0. The summed E-state index contributed by atoms with van der Waals surface area (Å²) in [5.74, 6) is 1.65. The molecule has 1 fully saturated rings. The quantitative estimate of drug-likeness (QED) is 0.858. The predicted molar refractivity (Wildman–Crippen MR) is 83.3 cm³/mol. The molecule has 2 N–H and O–H groups in total. The Kier molecular flexibility index (Phi) is 5.05. The molecule has 1 saturated heterocycles. The lowest BCUT2D eigenvalue weighted by molar-refractivity contribution is -0.132. The predicted octanol–water partition coefficient (Wildman–Crippen LogP) is 3.10. The van der Waals surface area contributed by atoms with Crippen molar-refractivity contribution in [2.75, 3.05) is 18.8 Å². The zero-order valence-electron chi connectivity index (χ0n) is 12.6. The lowest BCUT2D eigenvalue weighted by Crippen LogP contribution is -2.41. The molecule has 0 aromatic heterocycles. The molecule has 0 spiro atoms. The van der Waals surface area contributed by atoms with Crippen LogP contribution in [0.15, 0.2) is 24.3 Å². The smallest absolute Gasteiger partial charge is 0.226 e. The molecule has 0 aliphatic carbocycles. The third kappa shape index (κ3) is 4.26. The number of piperidine rings is 1. The Hall–Kier alpha value is -1.51. The largest absolute Gasteiger partial charge is 0.399 e. The first-order chi connectivity index (χ1) is 9.54. The van der Waals surface area contributed by atoms with Gasteiger partial charge in [0, 0.05) is 18.8 Å². The van der Waals surface area contributed by atoms with Gasteiger partial charge in [-0.15, -0.1) is 0 Å². The second-order valence-corrected chi connectivity index (χ2v) is 6.40. The van der Waals surface area contributed by atoms with Crippen LogP contribution >= 0.6 is 0 Å². The molecule has 1 heterocycles. The van der Waals surface area contributed by atoms with Crippen LogP contribution in [0.1, 0.15) is 38.7 Å². The van der Waals surface area contributed by atoms with Crippen molar-refractivity contribution in [1.29, 1.82) is 0 Å². The van der Waals surface area contributed by atoms with Crippen LogP contribution in [0, 0.1) is 11.8 Å². The molecular weight excluding hydrogens is 248 g/mol. The zero-order chi connectivity index (χ0) is 14.5. The Bertz CT molecular complexity index is 439. The third-order valence-corrected chi connectivity index (χ3v) is 4.01. The molecular formula is C17H26N2O. The summed E-state index contributed by atoms with van der Waals surface area (Å²) in [6, 6.07) is 7.62. The summed E-state index contributed by atoms with van der Waals surface area (Å²) in [4.78, 5) is 14.4. The van der Waals surface area contributed by atoms with E-state index >= 15 is 0 Å². The summed E-state index contributed by atoms with van der Waals surface area (Å²) in [6.07, 6.45) is 4.13. The average molecular weight is 274 g/mol. The molecule has 0 saturated carbocycles. The van der Waals surface area contributed by atoms with Gasteiger partial charge in [0.2, 0.25) is 5.91 Å². The van der Waals surface area contributed by atoms with Gasteiger partial charge in [-0.1, -0.05) is 26.0 Å². The molecule has 1 atom stereocenters. The molecule has 1 aromatic carbocycles. The maximum atomic E-state index is 12.4. The molecule has 1 amide bonds. The van der Waals surface area contributed by atoms with Gasteiger partial charge in [-0.05, 0) is 48.8 Å². The lowest BCUT2D eigenvalue weighted by atomic mass is 9.89. The van der Waals surface area contributed by atoms with Crippen molar-refractivity contribution in [2.24, 2.45) is 11.8 Å². The van der Waals surface area contributed by atoms with Crippen molar-refractivity contribution < 1.29 is 4.79 Å². The second kappa shape index (κ2) is 6.78. The highest BCUT2D eigenvalue weighted by Gasteiger charge is 2.24. The van der Waals surface area contributed by atoms with Crippen LogP contribution in [0.4, 0.5) is 5.69 Å². The summed E-state index contributed by atoms with van der Waals surface area (Å²) < 4.78 is 0. The first kappa shape index (κ1) is 14.9. The van der Waals surface area contributed by atoms with E-state index in [-0.39, 0.29) is 5.91 Å². The molecule has 3 nitrogen and oxygen atoms in total. The topological polar surface area (TPSA) is 46.3 Å². The number of carbonyl (C=O) groups excluding carboxylic acids is 1. The fourth-order valence-electron chi connectivity index (χ4n) is 3.07. The number of benzene rings is 1. The monoisotopic (exact) mass is 274 g/mol. The molecule has 1 unspecified atom stereocenters. The van der Waals surface area contributed by atoms with Crippen LogP contribution in [-0.4, -0.2) is 23.9 Å². The second-order valence-electron chi connectivity index (χ2n) is 6.40. The van der Waals surface area contributed by atoms with Gasteiger partial charge in [-0.3, -0.25) is 4.79 Å². The van der Waals surface area contributed by atoms with Crippen molar-refractivity contribution in [3.05, 3.63) is 29.8 Å². The number of nitrogen functional groups attached to an aromatic ring is 1. The van der Waals surface area contributed by atoms with E-state index < -0.39 is 0 Å². The van der Waals surface area contributed by atoms with Gasteiger partial charge < -0.3 is 10.6 Å². The van der Waals surface area contributed by atoms with Crippen molar-refractivity contribution in [2.45, 2.75) is 39.5 Å². The maximum absolute atomic E-state index is 12.4. The Morgan fingerprint density at radius 1 is 1.35 bits per heavy atom. The Balaban J connectivity index is 1.90. The summed E-state index contributed by atoms with van der Waals surface area (Å²) >= 11 is 0. The molecule has 20 heavy (non-hydrogen) atoms. The number of nitrogens with two attached hydrogens (primary N) is 1. The maximum Gasteiger partial charge on any atom is 0.226 e. The number of hydrogen-bond donors (Lipinski definition) is 1. The average Bonchev–Trinajstić information content (AvgIpc) is 2.41. The molecule has 0 bridgehead atoms. The fourth-order valence-corrected chi connectivity index (χ4v) is 3.07. The van der Waals surface area contributed by atoms with Crippen LogP contribution in [0.5, 0.6) is 0 Å². The Morgan fingerprint density at radius 3 is 2.70 bits per heavy atom. The Labute approximate surface area is 122 Å². The van der Waals surface area contributed by atoms with Crippen molar-refractivity contribution in [1.82, 2.24) is 4.90 Å². The highest BCUT2D eigenvalue weighted by molar-refractivity contribution is 5.79. The molecule has 1 aromatic rings. The minimum Gasteiger partial charge on any atom is -0.399 e. The van der Waals surface area contributed by atoms with Crippen molar-refractivity contribution in [3.63, 3.8) is 0 Å². The molecule has 0 radical (unpaired) electrons. The Morgan fingerprint density at radius 2 is 2.05 bits per heavy atom. The van der Waals surface area contributed by atoms with Crippen molar-refractivity contribution in [3.8, 4) is 0 Å². The van der Waals surface area contributed by atoms with E-state index in [1.165, 1.54) is 12.8 Å². The minimum absolute atomic E-state index is 0.253. The molecule has 110 valence electrons.